The maximum absolute atomic E-state index is 13.1. The van der Waals surface area contributed by atoms with Gasteiger partial charge in [-0.1, -0.05) is 25.0 Å². The first-order valence-corrected chi connectivity index (χ1v) is 11.6. The Morgan fingerprint density at radius 1 is 1.07 bits per heavy atom. The number of nitrogens with zero attached hydrogens (tertiary/aromatic N) is 1. The van der Waals surface area contributed by atoms with Crippen molar-refractivity contribution in [3.05, 3.63) is 53.8 Å². The highest BCUT2D eigenvalue weighted by atomic mass is 32.2. The number of aryl methyl sites for hydroxylation is 1. The number of carbonyl (C=O) groups excluding carboxylic acids is 1. The van der Waals surface area contributed by atoms with Gasteiger partial charge in [-0.3, -0.25) is 4.79 Å². The molecule has 1 N–H and O–H groups in total. The topological polar surface area (TPSA) is 75.7 Å². The van der Waals surface area contributed by atoms with Crippen LogP contribution in [0.3, 0.4) is 0 Å². The number of anilines is 1. The quantitative estimate of drug-likeness (QED) is 0.716. The van der Waals surface area contributed by atoms with Crippen molar-refractivity contribution in [2.75, 3.05) is 25.5 Å². The van der Waals surface area contributed by atoms with Gasteiger partial charge in [-0.25, -0.2) is 12.8 Å². The summed E-state index contributed by atoms with van der Waals surface area (Å²) in [6.45, 7) is 1.02. The number of halogens is 1. The van der Waals surface area contributed by atoms with Gasteiger partial charge >= 0.3 is 0 Å². The van der Waals surface area contributed by atoms with E-state index in [0.717, 1.165) is 31.2 Å². The van der Waals surface area contributed by atoms with E-state index in [1.165, 1.54) is 35.7 Å². The van der Waals surface area contributed by atoms with Crippen molar-refractivity contribution in [3.8, 4) is 5.75 Å². The van der Waals surface area contributed by atoms with Gasteiger partial charge in [0.05, 0.1) is 17.7 Å². The van der Waals surface area contributed by atoms with Crippen molar-refractivity contribution in [2.45, 2.75) is 43.4 Å². The second kappa shape index (κ2) is 10.0. The van der Waals surface area contributed by atoms with Gasteiger partial charge in [0.1, 0.15) is 11.6 Å². The van der Waals surface area contributed by atoms with Crippen molar-refractivity contribution in [1.82, 2.24) is 4.31 Å². The van der Waals surface area contributed by atoms with Crippen LogP contribution in [0.1, 0.15) is 37.7 Å². The number of sulfonamides is 1. The minimum atomic E-state index is -3.64. The Labute approximate surface area is 177 Å². The fraction of sp³-hybridized carbons (Fsp3) is 0.409. The summed E-state index contributed by atoms with van der Waals surface area (Å²) in [7, 11) is -2.17. The lowest BCUT2D eigenvalue weighted by atomic mass is 10.1. The molecule has 1 fully saturated rings. The van der Waals surface area contributed by atoms with Gasteiger partial charge in [0, 0.05) is 19.5 Å². The number of ether oxygens (including phenoxy) is 1. The number of benzene rings is 2. The third-order valence-electron chi connectivity index (χ3n) is 5.20. The van der Waals surface area contributed by atoms with Crippen LogP contribution in [-0.2, 0) is 21.2 Å². The lowest BCUT2D eigenvalue weighted by Gasteiger charge is -2.21. The standard InChI is InChI=1S/C22H27FN2O4S/c1-29-21-12-11-19(30(27,28)25-14-4-2-3-5-15-25)16-20(21)24-22(26)13-8-17-6-9-18(23)10-7-17/h6-7,9-12,16H,2-5,8,13-15H2,1H3,(H,24,26). The number of nitrogens with one attached hydrogen (secondary N) is 1. The molecule has 8 heteroatoms. The molecule has 162 valence electrons. The van der Waals surface area contributed by atoms with Gasteiger partial charge in [0.25, 0.3) is 0 Å². The fourth-order valence-corrected chi connectivity index (χ4v) is 5.04. The normalized spacial score (nSPS) is 15.4. The van der Waals surface area contributed by atoms with Crippen molar-refractivity contribution >= 4 is 21.6 Å². The van der Waals surface area contributed by atoms with Crippen LogP contribution in [0.2, 0.25) is 0 Å². The molecule has 30 heavy (non-hydrogen) atoms. The highest BCUT2D eigenvalue weighted by molar-refractivity contribution is 7.89. The molecule has 0 aliphatic carbocycles. The molecule has 2 aromatic rings. The summed E-state index contributed by atoms with van der Waals surface area (Å²) in [5, 5.41) is 2.75. The van der Waals surface area contributed by atoms with Gasteiger partial charge in [-0.15, -0.1) is 0 Å². The number of methoxy groups -OCH3 is 1. The number of hydrogen-bond donors (Lipinski definition) is 1. The maximum atomic E-state index is 13.1. The SMILES string of the molecule is COc1ccc(S(=O)(=O)N2CCCCCC2)cc1NC(=O)CCc1ccc(F)cc1. The molecule has 1 heterocycles. The Hall–Kier alpha value is -2.45. The van der Waals surface area contributed by atoms with Crippen molar-refractivity contribution in [2.24, 2.45) is 0 Å². The number of hydrogen-bond acceptors (Lipinski definition) is 4. The van der Waals surface area contributed by atoms with E-state index in [-0.39, 0.29) is 23.0 Å². The first-order chi connectivity index (χ1) is 14.4. The number of rotatable bonds is 7. The molecule has 6 nitrogen and oxygen atoms in total. The summed E-state index contributed by atoms with van der Waals surface area (Å²) in [4.78, 5) is 12.6. The fourth-order valence-electron chi connectivity index (χ4n) is 3.50. The molecule has 3 rings (SSSR count). The Kier molecular flexibility index (Phi) is 7.44. The molecule has 0 atom stereocenters. The van der Waals surface area contributed by atoms with E-state index in [1.807, 2.05) is 0 Å². The lowest BCUT2D eigenvalue weighted by Crippen LogP contribution is -2.32. The van der Waals surface area contributed by atoms with Gasteiger partial charge < -0.3 is 10.1 Å². The van der Waals surface area contributed by atoms with Crippen molar-refractivity contribution in [3.63, 3.8) is 0 Å². The predicted molar refractivity (Wildman–Crippen MR) is 114 cm³/mol. The molecule has 2 aromatic carbocycles. The summed E-state index contributed by atoms with van der Waals surface area (Å²) in [5.74, 6) is -0.211. The van der Waals surface area contributed by atoms with Crippen molar-refractivity contribution < 1.29 is 22.3 Å². The molecular formula is C22H27FN2O4S. The molecule has 0 spiro atoms. The van der Waals surface area contributed by atoms with Crippen LogP contribution in [-0.4, -0.2) is 38.8 Å². The average Bonchev–Trinajstić information content (AvgIpc) is 3.03. The predicted octanol–water partition coefficient (Wildman–Crippen LogP) is 3.97. The molecule has 0 aromatic heterocycles. The molecule has 1 aliphatic heterocycles. The second-order valence-electron chi connectivity index (χ2n) is 7.36. The molecule has 0 radical (unpaired) electrons. The van der Waals surface area contributed by atoms with E-state index in [4.69, 9.17) is 4.74 Å². The molecule has 0 bridgehead atoms. The molecule has 1 aliphatic rings. The van der Waals surface area contributed by atoms with E-state index >= 15 is 0 Å². The Morgan fingerprint density at radius 3 is 2.37 bits per heavy atom. The molecule has 0 saturated carbocycles. The van der Waals surface area contributed by atoms with E-state index < -0.39 is 10.0 Å². The highest BCUT2D eigenvalue weighted by Crippen LogP contribution is 2.30. The third-order valence-corrected chi connectivity index (χ3v) is 7.10. The first-order valence-electron chi connectivity index (χ1n) is 10.1. The van der Waals surface area contributed by atoms with Crippen LogP contribution in [0.4, 0.5) is 10.1 Å². The zero-order chi connectivity index (χ0) is 21.6. The Bertz CT molecular complexity index is 969. The summed E-state index contributed by atoms with van der Waals surface area (Å²) in [5.41, 5.74) is 1.16. The Balaban J connectivity index is 1.73. The number of amides is 1. The van der Waals surface area contributed by atoms with Gasteiger partial charge in [0.15, 0.2) is 0 Å². The van der Waals surface area contributed by atoms with Crippen molar-refractivity contribution in [1.29, 1.82) is 0 Å². The van der Waals surface area contributed by atoms with Crippen LogP contribution >= 0.6 is 0 Å². The monoisotopic (exact) mass is 434 g/mol. The van der Waals surface area contributed by atoms with E-state index in [0.29, 0.717) is 30.9 Å². The van der Waals surface area contributed by atoms with Crippen LogP contribution in [0.15, 0.2) is 47.4 Å². The van der Waals surface area contributed by atoms with Crippen LogP contribution in [0, 0.1) is 5.82 Å². The van der Waals surface area contributed by atoms with Gasteiger partial charge in [0.2, 0.25) is 15.9 Å². The minimum absolute atomic E-state index is 0.138. The summed E-state index contributed by atoms with van der Waals surface area (Å²) < 4.78 is 45.9. The molecular weight excluding hydrogens is 407 g/mol. The summed E-state index contributed by atoms with van der Waals surface area (Å²) in [6, 6.07) is 10.5. The largest absolute Gasteiger partial charge is 0.495 e. The summed E-state index contributed by atoms with van der Waals surface area (Å²) >= 11 is 0. The van der Waals surface area contributed by atoms with E-state index in [2.05, 4.69) is 5.32 Å². The first kappa shape index (κ1) is 22.2. The van der Waals surface area contributed by atoms with Crippen LogP contribution in [0.5, 0.6) is 5.75 Å². The zero-order valence-electron chi connectivity index (χ0n) is 17.1. The molecule has 0 unspecified atom stereocenters. The zero-order valence-corrected chi connectivity index (χ0v) is 17.9. The average molecular weight is 435 g/mol. The summed E-state index contributed by atoms with van der Waals surface area (Å²) in [6.07, 6.45) is 4.39. The smallest absolute Gasteiger partial charge is 0.243 e. The van der Waals surface area contributed by atoms with Crippen LogP contribution in [0.25, 0.3) is 0 Å². The molecule has 1 amide bonds. The highest BCUT2D eigenvalue weighted by Gasteiger charge is 2.26. The maximum Gasteiger partial charge on any atom is 0.243 e. The van der Waals surface area contributed by atoms with Crippen LogP contribution < -0.4 is 10.1 Å². The van der Waals surface area contributed by atoms with E-state index in [9.17, 15) is 17.6 Å². The lowest BCUT2D eigenvalue weighted by molar-refractivity contribution is -0.116. The molecule has 1 saturated heterocycles. The van der Waals surface area contributed by atoms with Gasteiger partial charge in [-0.2, -0.15) is 4.31 Å². The second-order valence-corrected chi connectivity index (χ2v) is 9.29. The Morgan fingerprint density at radius 2 is 1.73 bits per heavy atom. The minimum Gasteiger partial charge on any atom is -0.495 e. The number of carbonyl (C=O) groups is 1. The van der Waals surface area contributed by atoms with E-state index in [1.54, 1.807) is 18.2 Å². The van der Waals surface area contributed by atoms with Gasteiger partial charge in [-0.05, 0) is 55.2 Å². The third kappa shape index (κ3) is 5.58.